The largest absolute Gasteiger partial charge is 0.355 e. The molecule has 128 valence electrons. The predicted molar refractivity (Wildman–Crippen MR) is 111 cm³/mol. The van der Waals surface area contributed by atoms with Gasteiger partial charge in [0.25, 0.3) is 0 Å². The summed E-state index contributed by atoms with van der Waals surface area (Å²) in [6, 6.07) is 12.5. The van der Waals surface area contributed by atoms with Crippen molar-refractivity contribution in [2.45, 2.75) is 0 Å². The number of hydrogen-bond acceptors (Lipinski definition) is 0. The Hall–Kier alpha value is -2.44. The van der Waals surface area contributed by atoms with E-state index in [4.69, 9.17) is 0 Å². The van der Waals surface area contributed by atoms with E-state index < -0.39 is 0 Å². The molecule has 0 spiro atoms. The van der Waals surface area contributed by atoms with Crippen molar-refractivity contribution in [1.29, 1.82) is 0 Å². The average Bonchev–Trinajstić information content (AvgIpc) is 3.34. The van der Waals surface area contributed by atoms with Gasteiger partial charge in [0.05, 0.1) is 11.4 Å². The van der Waals surface area contributed by atoms with Crippen LogP contribution in [0.1, 0.15) is 22.8 Å². The lowest BCUT2D eigenvalue weighted by Gasteiger charge is -1.89. The van der Waals surface area contributed by atoms with Crippen LogP contribution in [0.3, 0.4) is 0 Å². The van der Waals surface area contributed by atoms with Crippen molar-refractivity contribution in [3.63, 3.8) is 0 Å². The second-order valence-electron chi connectivity index (χ2n) is 6.29. The first-order chi connectivity index (χ1) is 12.6. The Morgan fingerprint density at radius 2 is 0.885 bits per heavy atom. The maximum Gasteiger partial charge on any atom is 0.0550 e. The Morgan fingerprint density at radius 1 is 0.500 bits per heavy atom. The molecule has 6 heteroatoms. The Labute approximate surface area is 165 Å². The summed E-state index contributed by atoms with van der Waals surface area (Å²) in [6.45, 7) is 0. The fraction of sp³-hybridized carbons (Fsp3) is 0. The van der Waals surface area contributed by atoms with Crippen molar-refractivity contribution in [2.75, 3.05) is 0 Å². The van der Waals surface area contributed by atoms with E-state index >= 15 is 0 Å². The van der Waals surface area contributed by atoms with E-state index in [9.17, 15) is 0 Å². The van der Waals surface area contributed by atoms with E-state index in [0.29, 0.717) is 0 Å². The van der Waals surface area contributed by atoms with Crippen molar-refractivity contribution in [1.82, 2.24) is 19.9 Å². The normalized spacial score (nSPS) is 12.7. The quantitative estimate of drug-likeness (QED) is 0.268. The van der Waals surface area contributed by atoms with Crippen molar-refractivity contribution in [2.24, 2.45) is 0 Å². The van der Waals surface area contributed by atoms with Crippen LogP contribution < -0.4 is 21.4 Å². The molecule has 8 bridgehead atoms. The molecule has 0 aromatic carbocycles. The molecule has 0 saturated heterocycles. The van der Waals surface area contributed by atoms with E-state index in [1.165, 1.54) is 0 Å². The molecule has 0 atom stereocenters. The van der Waals surface area contributed by atoms with E-state index in [-0.39, 0.29) is 0 Å². The number of rotatable bonds is 0. The zero-order valence-electron chi connectivity index (χ0n) is 13.5. The molecule has 4 N–H and O–H groups in total. The van der Waals surface area contributed by atoms with Gasteiger partial charge >= 0.3 is 0 Å². The second-order valence-corrected chi connectivity index (χ2v) is 8.00. The predicted octanol–water partition coefficient (Wildman–Crippen LogP) is 2.15. The highest BCUT2D eigenvalue weighted by Gasteiger charge is 2.04. The molecular formula is C20H14Br2N4. The van der Waals surface area contributed by atoms with E-state index in [1.807, 2.05) is 0 Å². The molecule has 0 radical (unpaired) electrons. The molecule has 5 rings (SSSR count). The lowest BCUT2D eigenvalue weighted by atomic mass is 10.3. The highest BCUT2D eigenvalue weighted by molar-refractivity contribution is 9.10. The number of aromatic nitrogens is 4. The van der Waals surface area contributed by atoms with Crippen molar-refractivity contribution in [3.8, 4) is 0 Å². The van der Waals surface area contributed by atoms with Crippen LogP contribution in [0.15, 0.2) is 45.3 Å². The van der Waals surface area contributed by atoms with Gasteiger partial charge in [-0.1, -0.05) is 0 Å². The minimum atomic E-state index is 1.03. The molecule has 5 heterocycles. The van der Waals surface area contributed by atoms with E-state index in [1.54, 1.807) is 0 Å². The third-order valence-corrected chi connectivity index (χ3v) is 5.63. The number of nitrogens with one attached hydrogen (secondary N) is 4. The Morgan fingerprint density at radius 3 is 1.31 bits per heavy atom. The van der Waals surface area contributed by atoms with Crippen molar-refractivity contribution in [3.05, 3.63) is 89.5 Å². The third-order valence-electron chi connectivity index (χ3n) is 4.32. The molecular weight excluding hydrogens is 456 g/mol. The van der Waals surface area contributed by atoms with Crippen LogP contribution >= 0.6 is 31.9 Å². The van der Waals surface area contributed by atoms with Gasteiger partial charge in [0.15, 0.2) is 0 Å². The highest BCUT2D eigenvalue weighted by atomic mass is 79.9. The summed E-state index contributed by atoms with van der Waals surface area (Å²) in [4.78, 5) is 13.7. The van der Waals surface area contributed by atoms with Crippen LogP contribution in [0.2, 0.25) is 0 Å². The topological polar surface area (TPSA) is 63.2 Å². The van der Waals surface area contributed by atoms with Crippen LogP contribution in [0.25, 0.3) is 24.3 Å². The summed E-state index contributed by atoms with van der Waals surface area (Å²) in [5.41, 5.74) is 4.12. The molecule has 4 nitrogen and oxygen atoms in total. The first-order valence-corrected chi connectivity index (χ1v) is 9.75. The third kappa shape index (κ3) is 2.95. The molecule has 0 amide bonds. The summed E-state index contributed by atoms with van der Waals surface area (Å²) in [7, 11) is 0. The smallest absolute Gasteiger partial charge is 0.0550 e. The minimum Gasteiger partial charge on any atom is -0.355 e. The van der Waals surface area contributed by atoms with Gasteiger partial charge < -0.3 is 19.9 Å². The van der Waals surface area contributed by atoms with Crippen molar-refractivity contribution >= 4 is 56.2 Å². The maximum absolute atomic E-state index is 3.64. The van der Waals surface area contributed by atoms with Gasteiger partial charge in [0.2, 0.25) is 0 Å². The van der Waals surface area contributed by atoms with Crippen LogP contribution in [0.5, 0.6) is 0 Å². The van der Waals surface area contributed by atoms with Crippen LogP contribution in [0.4, 0.5) is 0 Å². The lowest BCUT2D eigenvalue weighted by molar-refractivity contribution is 1.23. The summed E-state index contributed by atoms with van der Waals surface area (Å²) in [6.07, 6.45) is 8.37. The highest BCUT2D eigenvalue weighted by Crippen LogP contribution is 2.20. The van der Waals surface area contributed by atoms with Gasteiger partial charge in [-0.3, -0.25) is 0 Å². The molecule has 26 heavy (non-hydrogen) atoms. The van der Waals surface area contributed by atoms with Crippen LogP contribution in [-0.4, -0.2) is 19.9 Å². The molecule has 1 aliphatic rings. The van der Waals surface area contributed by atoms with Crippen LogP contribution in [0, 0.1) is 0 Å². The summed E-state index contributed by atoms with van der Waals surface area (Å²) in [5, 5.41) is 4.16. The molecule has 4 aromatic rings. The molecule has 0 saturated carbocycles. The molecule has 0 aliphatic carbocycles. The van der Waals surface area contributed by atoms with Gasteiger partial charge in [-0.2, -0.15) is 0 Å². The zero-order valence-corrected chi connectivity index (χ0v) is 16.7. The lowest BCUT2D eigenvalue weighted by Crippen LogP contribution is -2.10. The molecule has 4 aromatic heterocycles. The first-order valence-electron chi connectivity index (χ1n) is 8.16. The Bertz CT molecular complexity index is 1260. The zero-order chi connectivity index (χ0) is 17.7. The minimum absolute atomic E-state index is 1.03. The second kappa shape index (κ2) is 6.07. The average molecular weight is 470 g/mol. The van der Waals surface area contributed by atoms with Gasteiger partial charge in [-0.15, -0.1) is 0 Å². The van der Waals surface area contributed by atoms with Crippen molar-refractivity contribution < 1.29 is 0 Å². The fourth-order valence-electron chi connectivity index (χ4n) is 3.14. The number of hydrogen-bond donors (Lipinski definition) is 4. The summed E-state index contributed by atoms with van der Waals surface area (Å²) in [5.74, 6) is 0. The van der Waals surface area contributed by atoms with Gasteiger partial charge in [0, 0.05) is 41.7 Å². The number of halogens is 2. The van der Waals surface area contributed by atoms with Gasteiger partial charge in [-0.05, 0) is 92.6 Å². The number of fused-ring (bicyclic) bond motifs is 8. The SMILES string of the molecule is Brc1cc2[nH]c1C=c1ccc([nH]1)=Cc1cc(Br)c([nH]1)C=c1ccc([nH]1)=C2. The molecule has 1 aliphatic heterocycles. The van der Waals surface area contributed by atoms with Crippen LogP contribution in [-0.2, 0) is 0 Å². The number of aromatic amines is 4. The number of H-pyrrole nitrogens is 4. The summed E-state index contributed by atoms with van der Waals surface area (Å²) >= 11 is 7.27. The molecule has 0 unspecified atom stereocenters. The Balaban J connectivity index is 1.82. The van der Waals surface area contributed by atoms with E-state index in [0.717, 1.165) is 53.1 Å². The molecule has 0 fully saturated rings. The fourth-order valence-corrected chi connectivity index (χ4v) is 4.06. The van der Waals surface area contributed by atoms with Gasteiger partial charge in [0.1, 0.15) is 0 Å². The first kappa shape index (κ1) is 15.8. The summed E-state index contributed by atoms with van der Waals surface area (Å²) < 4.78 is 2.06. The van der Waals surface area contributed by atoms with E-state index in [2.05, 4.69) is 112 Å². The monoisotopic (exact) mass is 468 g/mol. The Kier molecular flexibility index (Phi) is 3.69. The van der Waals surface area contributed by atoms with Gasteiger partial charge in [-0.25, -0.2) is 0 Å². The standard InChI is InChI=1S/C20H14Br2N4/c21-17-7-15-5-11-1-3-13(23-11)9-19-18(22)8-16(26-19)6-12-2-4-14(24-12)10-20(17)25-15/h1-10,23-26H. The maximum atomic E-state index is 3.64.